The molecule has 0 bridgehead atoms. The number of rotatable bonds is 1. The molecule has 0 aliphatic rings. The Balaban J connectivity index is 2.37. The van der Waals surface area contributed by atoms with Crippen molar-refractivity contribution in [1.29, 1.82) is 0 Å². The first-order valence-corrected chi connectivity index (χ1v) is 5.63. The van der Waals surface area contributed by atoms with Crippen LogP contribution >= 0.6 is 0 Å². The molecule has 0 saturated heterocycles. The van der Waals surface area contributed by atoms with E-state index in [0.717, 1.165) is 5.39 Å². The molecule has 2 aromatic heterocycles. The van der Waals surface area contributed by atoms with Crippen LogP contribution in [0.15, 0.2) is 41.5 Å². The highest BCUT2D eigenvalue weighted by Gasteiger charge is 2.10. The molecule has 3 rings (SSSR count). The van der Waals surface area contributed by atoms with Gasteiger partial charge in [0.2, 0.25) is 0 Å². The molecule has 0 spiro atoms. The lowest BCUT2D eigenvalue weighted by Crippen LogP contribution is -2.19. The summed E-state index contributed by atoms with van der Waals surface area (Å²) in [5.74, 6) is 0.451. The van der Waals surface area contributed by atoms with E-state index in [9.17, 15) is 9.90 Å². The van der Waals surface area contributed by atoms with Gasteiger partial charge in [0.15, 0.2) is 5.82 Å². The number of benzene rings is 1. The Morgan fingerprint density at radius 3 is 2.79 bits per heavy atom. The molecule has 6 nitrogen and oxygen atoms in total. The molecule has 1 N–H and O–H groups in total. The lowest BCUT2D eigenvalue weighted by atomic mass is 10.1. The zero-order valence-corrected chi connectivity index (χ0v) is 10.1. The molecule has 94 valence electrons. The van der Waals surface area contributed by atoms with Crippen molar-refractivity contribution in [2.45, 2.75) is 0 Å². The lowest BCUT2D eigenvalue weighted by molar-refractivity contribution is 0.476. The third kappa shape index (κ3) is 1.83. The summed E-state index contributed by atoms with van der Waals surface area (Å²) >= 11 is 0. The van der Waals surface area contributed by atoms with E-state index in [4.69, 9.17) is 0 Å². The smallest absolute Gasteiger partial charge is 0.258 e. The Labute approximate surface area is 108 Å². The summed E-state index contributed by atoms with van der Waals surface area (Å²) in [6, 6.07) is 6.47. The number of aromatic nitrogens is 4. The maximum absolute atomic E-state index is 12.3. The first kappa shape index (κ1) is 11.3. The predicted molar refractivity (Wildman–Crippen MR) is 69.7 cm³/mol. The zero-order valence-electron chi connectivity index (χ0n) is 10.1. The van der Waals surface area contributed by atoms with Crippen molar-refractivity contribution in [2.24, 2.45) is 7.05 Å². The van der Waals surface area contributed by atoms with Crippen LogP contribution in [0.25, 0.3) is 22.3 Å². The molecule has 0 fully saturated rings. The van der Waals surface area contributed by atoms with Crippen molar-refractivity contribution in [2.75, 3.05) is 0 Å². The van der Waals surface area contributed by atoms with E-state index in [0.29, 0.717) is 16.9 Å². The fourth-order valence-corrected chi connectivity index (χ4v) is 1.97. The van der Waals surface area contributed by atoms with Crippen LogP contribution in [-0.4, -0.2) is 24.9 Å². The van der Waals surface area contributed by atoms with Crippen LogP contribution in [0.3, 0.4) is 0 Å². The fourth-order valence-electron chi connectivity index (χ4n) is 1.97. The number of pyridine rings is 1. The second kappa shape index (κ2) is 4.16. The van der Waals surface area contributed by atoms with Crippen LogP contribution < -0.4 is 5.56 Å². The van der Waals surface area contributed by atoms with E-state index in [1.165, 1.54) is 29.1 Å². The van der Waals surface area contributed by atoms with Gasteiger partial charge < -0.3 is 9.67 Å². The van der Waals surface area contributed by atoms with E-state index in [1.807, 2.05) is 0 Å². The Kier molecular flexibility index (Phi) is 2.49. The molecule has 19 heavy (non-hydrogen) atoms. The average molecular weight is 254 g/mol. The molecule has 0 unspecified atom stereocenters. The maximum Gasteiger partial charge on any atom is 0.258 e. The van der Waals surface area contributed by atoms with E-state index >= 15 is 0 Å². The molecule has 0 amide bonds. The quantitative estimate of drug-likeness (QED) is 0.703. The van der Waals surface area contributed by atoms with Gasteiger partial charge in [-0.05, 0) is 23.6 Å². The molecule has 2 heterocycles. The predicted octanol–water partition coefficient (Wildman–Crippen LogP) is 1.10. The minimum Gasteiger partial charge on any atom is -0.508 e. The van der Waals surface area contributed by atoms with Gasteiger partial charge in [-0.3, -0.25) is 4.79 Å². The van der Waals surface area contributed by atoms with Gasteiger partial charge >= 0.3 is 0 Å². The second-order valence-corrected chi connectivity index (χ2v) is 4.13. The van der Waals surface area contributed by atoms with Crippen LogP contribution in [-0.2, 0) is 7.05 Å². The SMILES string of the molecule is Cn1c(-c2nccnn2)cc2ccc(O)cc2c1=O. The van der Waals surface area contributed by atoms with Gasteiger partial charge in [0.25, 0.3) is 5.56 Å². The fraction of sp³-hybridized carbons (Fsp3) is 0.0769. The summed E-state index contributed by atoms with van der Waals surface area (Å²) in [5, 5.41) is 18.3. The number of phenolic OH excluding ortho intramolecular Hbond substituents is 1. The highest BCUT2D eigenvalue weighted by atomic mass is 16.3. The van der Waals surface area contributed by atoms with Gasteiger partial charge in [-0.25, -0.2) is 4.98 Å². The third-order valence-corrected chi connectivity index (χ3v) is 2.94. The van der Waals surface area contributed by atoms with E-state index in [1.54, 1.807) is 19.2 Å². The standard InChI is InChI=1S/C13H10N4O2/c1-17-11(12-14-4-5-15-16-12)6-8-2-3-9(18)7-10(8)13(17)19/h2-7,18H,1H3. The molecule has 0 atom stereocenters. The third-order valence-electron chi connectivity index (χ3n) is 2.94. The topological polar surface area (TPSA) is 80.9 Å². The minimum absolute atomic E-state index is 0.0648. The van der Waals surface area contributed by atoms with Gasteiger partial charge in [0.1, 0.15) is 5.75 Å². The molecule has 0 saturated carbocycles. The maximum atomic E-state index is 12.3. The lowest BCUT2D eigenvalue weighted by Gasteiger charge is -2.08. The molecule has 6 heteroatoms. The molecule has 0 aliphatic heterocycles. The van der Waals surface area contributed by atoms with Crippen molar-refractivity contribution < 1.29 is 5.11 Å². The Morgan fingerprint density at radius 1 is 1.21 bits per heavy atom. The summed E-state index contributed by atoms with van der Waals surface area (Å²) in [7, 11) is 1.64. The summed E-state index contributed by atoms with van der Waals surface area (Å²) in [6.07, 6.45) is 2.99. The first-order valence-electron chi connectivity index (χ1n) is 5.63. The van der Waals surface area contributed by atoms with Crippen LogP contribution in [0.1, 0.15) is 0 Å². The number of hydrogen-bond acceptors (Lipinski definition) is 5. The van der Waals surface area contributed by atoms with Crippen molar-refractivity contribution in [3.05, 3.63) is 47.0 Å². The van der Waals surface area contributed by atoms with E-state index in [2.05, 4.69) is 15.2 Å². The first-order chi connectivity index (χ1) is 9.16. The Bertz CT molecular complexity index is 812. The summed E-state index contributed by atoms with van der Waals surface area (Å²) in [5.41, 5.74) is 0.368. The number of hydrogen-bond donors (Lipinski definition) is 1. The van der Waals surface area contributed by atoms with Crippen LogP contribution in [0.5, 0.6) is 5.75 Å². The van der Waals surface area contributed by atoms with Gasteiger partial charge in [0, 0.05) is 13.2 Å². The molecule has 1 aromatic carbocycles. The largest absolute Gasteiger partial charge is 0.508 e. The van der Waals surface area contributed by atoms with Crippen LogP contribution in [0.4, 0.5) is 0 Å². The summed E-state index contributed by atoms with van der Waals surface area (Å²) < 4.78 is 1.44. The number of nitrogens with zero attached hydrogens (tertiary/aromatic N) is 4. The van der Waals surface area contributed by atoms with Gasteiger partial charge in [-0.2, -0.15) is 5.10 Å². The molecular weight excluding hydrogens is 244 g/mol. The highest BCUT2D eigenvalue weighted by molar-refractivity contribution is 5.85. The molecule has 0 aliphatic carbocycles. The highest BCUT2D eigenvalue weighted by Crippen LogP contribution is 2.21. The van der Waals surface area contributed by atoms with Gasteiger partial charge in [-0.15, -0.1) is 5.10 Å². The normalized spacial score (nSPS) is 10.8. The average Bonchev–Trinajstić information content (AvgIpc) is 2.44. The minimum atomic E-state index is -0.212. The molecule has 0 radical (unpaired) electrons. The van der Waals surface area contributed by atoms with Gasteiger partial charge in [-0.1, -0.05) is 6.07 Å². The summed E-state index contributed by atoms with van der Waals surface area (Å²) in [4.78, 5) is 16.3. The molecule has 3 aromatic rings. The van der Waals surface area contributed by atoms with E-state index in [-0.39, 0.29) is 11.3 Å². The monoisotopic (exact) mass is 254 g/mol. The summed E-state index contributed by atoms with van der Waals surface area (Å²) in [6.45, 7) is 0. The zero-order chi connectivity index (χ0) is 13.4. The number of phenols is 1. The van der Waals surface area contributed by atoms with Gasteiger partial charge in [0.05, 0.1) is 17.3 Å². The van der Waals surface area contributed by atoms with Crippen LogP contribution in [0.2, 0.25) is 0 Å². The Hall–Kier alpha value is -2.76. The van der Waals surface area contributed by atoms with Crippen molar-refractivity contribution in [3.63, 3.8) is 0 Å². The molecular formula is C13H10N4O2. The van der Waals surface area contributed by atoms with Crippen molar-refractivity contribution in [3.8, 4) is 17.3 Å². The number of fused-ring (bicyclic) bond motifs is 1. The van der Waals surface area contributed by atoms with Crippen molar-refractivity contribution >= 4 is 10.8 Å². The second-order valence-electron chi connectivity index (χ2n) is 4.13. The van der Waals surface area contributed by atoms with Crippen molar-refractivity contribution in [1.82, 2.24) is 19.7 Å². The van der Waals surface area contributed by atoms with Crippen LogP contribution in [0, 0.1) is 0 Å². The Morgan fingerprint density at radius 2 is 2.05 bits per heavy atom. The van der Waals surface area contributed by atoms with E-state index < -0.39 is 0 Å². The number of aromatic hydroxyl groups is 1.